The number of rotatable bonds is 6. The number of piperidine rings is 1. The van der Waals surface area contributed by atoms with Crippen LogP contribution in [0.4, 0.5) is 0 Å². The molecular weight excluding hydrogens is 378 g/mol. The normalized spacial score (nSPS) is 19.2. The standard InChI is InChI=1S/C25H39NO4/c1-11-18-13-14-19(12-2)22(21(18)29-23(4,5)6)30-26-24(7,8)15-20(28-17(3)27)16-25(26,9)10/h11,13-14,20H,1,12,15-16H2,2-10H3. The molecule has 1 aliphatic rings. The van der Waals surface area contributed by atoms with Gasteiger partial charge in [-0.1, -0.05) is 31.7 Å². The summed E-state index contributed by atoms with van der Waals surface area (Å²) in [7, 11) is 0. The van der Waals surface area contributed by atoms with Crippen LogP contribution in [0.2, 0.25) is 0 Å². The number of esters is 1. The predicted molar refractivity (Wildman–Crippen MR) is 122 cm³/mol. The minimum atomic E-state index is -0.379. The van der Waals surface area contributed by atoms with Gasteiger partial charge in [0.15, 0.2) is 11.5 Å². The number of hydrogen-bond donors (Lipinski definition) is 0. The summed E-state index contributed by atoms with van der Waals surface area (Å²) in [4.78, 5) is 18.2. The zero-order valence-electron chi connectivity index (χ0n) is 20.2. The van der Waals surface area contributed by atoms with Crippen LogP contribution in [0.15, 0.2) is 18.7 Å². The van der Waals surface area contributed by atoms with Crippen LogP contribution >= 0.6 is 0 Å². The van der Waals surface area contributed by atoms with E-state index in [1.54, 1.807) is 6.08 Å². The van der Waals surface area contributed by atoms with Gasteiger partial charge in [-0.15, -0.1) is 5.06 Å². The molecule has 5 heteroatoms. The van der Waals surface area contributed by atoms with Crippen LogP contribution in [0.3, 0.4) is 0 Å². The van der Waals surface area contributed by atoms with Crippen molar-refractivity contribution in [2.24, 2.45) is 0 Å². The van der Waals surface area contributed by atoms with E-state index in [1.165, 1.54) is 6.92 Å². The zero-order valence-corrected chi connectivity index (χ0v) is 20.2. The first-order valence-electron chi connectivity index (χ1n) is 10.8. The quantitative estimate of drug-likeness (QED) is 0.536. The minimum Gasteiger partial charge on any atom is -0.484 e. The molecule has 2 rings (SSSR count). The molecule has 1 aromatic carbocycles. The summed E-state index contributed by atoms with van der Waals surface area (Å²) in [6.07, 6.45) is 3.86. The Morgan fingerprint density at radius 2 is 1.73 bits per heavy atom. The highest BCUT2D eigenvalue weighted by Gasteiger charge is 2.49. The van der Waals surface area contributed by atoms with Crippen LogP contribution in [0.1, 0.15) is 86.3 Å². The molecule has 0 N–H and O–H groups in total. The molecule has 0 aliphatic carbocycles. The Balaban J connectivity index is 2.52. The maximum absolute atomic E-state index is 11.5. The molecule has 0 radical (unpaired) electrons. The van der Waals surface area contributed by atoms with Gasteiger partial charge in [0.1, 0.15) is 11.7 Å². The van der Waals surface area contributed by atoms with E-state index in [0.717, 1.165) is 23.3 Å². The molecule has 0 spiro atoms. The van der Waals surface area contributed by atoms with Crippen LogP contribution < -0.4 is 9.57 Å². The molecule has 1 saturated heterocycles. The number of benzene rings is 1. The van der Waals surface area contributed by atoms with Crippen molar-refractivity contribution in [3.63, 3.8) is 0 Å². The molecule has 168 valence electrons. The average Bonchev–Trinajstić information content (AvgIpc) is 2.55. The Labute approximate surface area is 182 Å². The van der Waals surface area contributed by atoms with Gasteiger partial charge in [-0.25, -0.2) is 0 Å². The summed E-state index contributed by atoms with van der Waals surface area (Å²) in [5.41, 5.74) is 0.901. The molecule has 0 atom stereocenters. The van der Waals surface area contributed by atoms with E-state index in [2.05, 4.69) is 52.3 Å². The monoisotopic (exact) mass is 417 g/mol. The van der Waals surface area contributed by atoms with Crippen molar-refractivity contribution in [3.8, 4) is 11.5 Å². The number of ether oxygens (including phenoxy) is 2. The fraction of sp³-hybridized carbons (Fsp3) is 0.640. The van der Waals surface area contributed by atoms with Crippen LogP contribution in [0.25, 0.3) is 6.08 Å². The highest BCUT2D eigenvalue weighted by atomic mass is 16.7. The molecule has 30 heavy (non-hydrogen) atoms. The third kappa shape index (κ3) is 5.57. The highest BCUT2D eigenvalue weighted by Crippen LogP contribution is 2.45. The van der Waals surface area contributed by atoms with Crippen molar-refractivity contribution in [1.29, 1.82) is 0 Å². The summed E-state index contributed by atoms with van der Waals surface area (Å²) in [6.45, 7) is 22.1. The molecule has 0 amide bonds. The van der Waals surface area contributed by atoms with Crippen molar-refractivity contribution in [1.82, 2.24) is 5.06 Å². The Bertz CT molecular complexity index is 771. The summed E-state index contributed by atoms with van der Waals surface area (Å²) in [5, 5.41) is 2.05. The molecule has 5 nitrogen and oxygen atoms in total. The number of hydroxylamine groups is 2. The Kier molecular flexibility index (Phi) is 6.97. The van der Waals surface area contributed by atoms with Crippen LogP contribution in [0, 0.1) is 0 Å². The average molecular weight is 418 g/mol. The summed E-state index contributed by atoms with van der Waals surface area (Å²) < 4.78 is 11.9. The van der Waals surface area contributed by atoms with Gasteiger partial charge in [0.25, 0.3) is 0 Å². The lowest BCUT2D eigenvalue weighted by atomic mass is 9.80. The lowest BCUT2D eigenvalue weighted by Gasteiger charge is -2.53. The fourth-order valence-corrected chi connectivity index (χ4v) is 4.40. The smallest absolute Gasteiger partial charge is 0.302 e. The van der Waals surface area contributed by atoms with E-state index in [4.69, 9.17) is 14.3 Å². The minimum absolute atomic E-state index is 0.136. The lowest BCUT2D eigenvalue weighted by Crippen LogP contribution is -2.63. The first-order valence-corrected chi connectivity index (χ1v) is 10.8. The maximum Gasteiger partial charge on any atom is 0.302 e. The van der Waals surface area contributed by atoms with Crippen molar-refractivity contribution < 1.29 is 19.1 Å². The van der Waals surface area contributed by atoms with Crippen molar-refractivity contribution in [2.75, 3.05) is 0 Å². The molecule has 0 bridgehead atoms. The SMILES string of the molecule is C=Cc1ccc(CC)c(ON2C(C)(C)CC(OC(C)=O)CC2(C)C)c1OC(C)(C)C. The highest BCUT2D eigenvalue weighted by molar-refractivity contribution is 5.66. The van der Waals surface area contributed by atoms with Gasteiger partial charge in [-0.2, -0.15) is 0 Å². The van der Waals surface area contributed by atoms with Crippen molar-refractivity contribution >= 4 is 12.0 Å². The molecule has 0 aromatic heterocycles. The third-order valence-corrected chi connectivity index (χ3v) is 5.30. The van der Waals surface area contributed by atoms with E-state index in [0.29, 0.717) is 18.6 Å². The van der Waals surface area contributed by atoms with Gasteiger partial charge >= 0.3 is 5.97 Å². The van der Waals surface area contributed by atoms with Crippen molar-refractivity contribution in [3.05, 3.63) is 29.8 Å². The van der Waals surface area contributed by atoms with E-state index < -0.39 is 0 Å². The van der Waals surface area contributed by atoms with Gasteiger partial charge in [0.2, 0.25) is 0 Å². The van der Waals surface area contributed by atoms with E-state index >= 15 is 0 Å². The fourth-order valence-electron chi connectivity index (χ4n) is 4.40. The Morgan fingerprint density at radius 1 is 1.17 bits per heavy atom. The van der Waals surface area contributed by atoms with E-state index in [1.807, 2.05) is 26.8 Å². The van der Waals surface area contributed by atoms with Gasteiger partial charge in [0.05, 0.1) is 11.1 Å². The molecule has 1 fully saturated rings. The Hall–Kier alpha value is -2.01. The second kappa shape index (κ2) is 8.62. The zero-order chi connectivity index (χ0) is 22.9. The summed E-state index contributed by atoms with van der Waals surface area (Å²) in [5.74, 6) is 1.20. The molecule has 1 heterocycles. The number of hydrogen-bond acceptors (Lipinski definition) is 5. The van der Waals surface area contributed by atoms with E-state index in [9.17, 15) is 4.79 Å². The molecule has 0 unspecified atom stereocenters. The second-order valence-corrected chi connectivity index (χ2v) is 10.4. The summed E-state index contributed by atoms with van der Waals surface area (Å²) >= 11 is 0. The van der Waals surface area contributed by atoms with Crippen molar-refractivity contribution in [2.45, 2.75) is 104 Å². The largest absolute Gasteiger partial charge is 0.484 e. The molecule has 1 aromatic rings. The number of nitrogens with zero attached hydrogens (tertiary/aromatic N) is 1. The van der Waals surface area contributed by atoms with Gasteiger partial charge in [0, 0.05) is 30.9 Å². The first-order chi connectivity index (χ1) is 13.7. The number of carbonyl (C=O) groups is 1. The van der Waals surface area contributed by atoms with Crippen LogP contribution in [0.5, 0.6) is 11.5 Å². The van der Waals surface area contributed by atoms with Crippen LogP contribution in [-0.4, -0.2) is 33.8 Å². The molecule has 1 aliphatic heterocycles. The number of aryl methyl sites for hydroxylation is 1. The lowest BCUT2D eigenvalue weighted by molar-refractivity contribution is -0.238. The predicted octanol–water partition coefficient (Wildman–Crippen LogP) is 5.95. The first kappa shape index (κ1) is 24.3. The molecular formula is C25H39NO4. The molecule has 0 saturated carbocycles. The van der Waals surface area contributed by atoms with Crippen LogP contribution in [-0.2, 0) is 16.0 Å². The van der Waals surface area contributed by atoms with Gasteiger partial charge in [-0.3, -0.25) is 4.79 Å². The van der Waals surface area contributed by atoms with E-state index in [-0.39, 0.29) is 28.8 Å². The Morgan fingerprint density at radius 3 is 2.17 bits per heavy atom. The maximum atomic E-state index is 11.5. The second-order valence-electron chi connectivity index (χ2n) is 10.4. The number of carbonyl (C=O) groups excluding carboxylic acids is 1. The van der Waals surface area contributed by atoms with Gasteiger partial charge in [-0.05, 0) is 54.9 Å². The van der Waals surface area contributed by atoms with Gasteiger partial charge < -0.3 is 14.3 Å². The summed E-state index contributed by atoms with van der Waals surface area (Å²) in [6, 6.07) is 4.11. The topological polar surface area (TPSA) is 48.0 Å². The third-order valence-electron chi connectivity index (χ3n) is 5.30.